The van der Waals surface area contributed by atoms with Crippen LogP contribution in [0.5, 0.6) is 17.2 Å². The molecule has 0 aliphatic heterocycles. The van der Waals surface area contributed by atoms with Crippen LogP contribution in [0.25, 0.3) is 0 Å². The van der Waals surface area contributed by atoms with Crippen LogP contribution in [0.15, 0.2) is 66.7 Å². The zero-order valence-electron chi connectivity index (χ0n) is 13.8. The number of nitrogens with zero attached hydrogens (tertiary/aromatic N) is 2. The van der Waals surface area contributed by atoms with Crippen molar-refractivity contribution in [2.45, 2.75) is 0 Å². The van der Waals surface area contributed by atoms with Gasteiger partial charge in [-0.15, -0.1) is 0 Å². The normalized spacial score (nSPS) is 9.74. The number of ether oxygens (including phenoxy) is 2. The highest BCUT2D eigenvalue weighted by molar-refractivity contribution is 6.30. The first-order valence-electron chi connectivity index (χ1n) is 7.78. The van der Waals surface area contributed by atoms with Crippen molar-refractivity contribution in [3.63, 3.8) is 0 Å². The first-order chi connectivity index (χ1) is 13.1. The van der Waals surface area contributed by atoms with E-state index in [1.807, 2.05) is 12.1 Å². The topological polar surface area (TPSA) is 83.1 Å². The highest BCUT2D eigenvalue weighted by Crippen LogP contribution is 2.27. The molecule has 0 radical (unpaired) electrons. The molecule has 3 rings (SSSR count). The molecule has 27 heavy (non-hydrogen) atoms. The number of hydrogen-bond donors (Lipinski definition) is 0. The molecule has 0 fully saturated rings. The predicted octanol–water partition coefficient (Wildman–Crippen LogP) is 5.09. The lowest BCUT2D eigenvalue weighted by molar-refractivity contribution is 0.0734. The number of rotatable bonds is 4. The van der Waals surface area contributed by atoms with Crippen LogP contribution < -0.4 is 9.47 Å². The summed E-state index contributed by atoms with van der Waals surface area (Å²) < 4.78 is 11.0. The first-order valence-corrected chi connectivity index (χ1v) is 8.16. The van der Waals surface area contributed by atoms with Gasteiger partial charge < -0.3 is 9.47 Å². The summed E-state index contributed by atoms with van der Waals surface area (Å²) in [6.07, 6.45) is 0. The fraction of sp³-hybridized carbons (Fsp3) is 0. The fourth-order valence-electron chi connectivity index (χ4n) is 2.31. The van der Waals surface area contributed by atoms with Crippen LogP contribution >= 0.6 is 11.6 Å². The molecule has 5 nitrogen and oxygen atoms in total. The molecule has 0 spiro atoms. The lowest BCUT2D eigenvalue weighted by atomic mass is 10.1. The van der Waals surface area contributed by atoms with E-state index in [4.69, 9.17) is 31.6 Å². The predicted molar refractivity (Wildman–Crippen MR) is 98.8 cm³/mol. The Bertz CT molecular complexity index is 1060. The van der Waals surface area contributed by atoms with Gasteiger partial charge in [-0.1, -0.05) is 23.7 Å². The summed E-state index contributed by atoms with van der Waals surface area (Å²) in [6.45, 7) is 0. The van der Waals surface area contributed by atoms with Crippen LogP contribution in [0.2, 0.25) is 5.02 Å². The molecule has 0 aromatic heterocycles. The number of esters is 1. The molecule has 130 valence electrons. The van der Waals surface area contributed by atoms with Gasteiger partial charge >= 0.3 is 5.97 Å². The van der Waals surface area contributed by atoms with Crippen LogP contribution in [0.3, 0.4) is 0 Å². The smallest absolute Gasteiger partial charge is 0.343 e. The van der Waals surface area contributed by atoms with Crippen LogP contribution in [0.4, 0.5) is 0 Å². The number of carbonyl (C=O) groups is 1. The molecule has 0 saturated carbocycles. The van der Waals surface area contributed by atoms with Gasteiger partial charge in [-0.05, 0) is 48.5 Å². The van der Waals surface area contributed by atoms with E-state index < -0.39 is 5.97 Å². The van der Waals surface area contributed by atoms with E-state index in [-0.39, 0.29) is 5.75 Å². The molecule has 0 unspecified atom stereocenters. The molecule has 3 aromatic carbocycles. The third kappa shape index (κ3) is 4.64. The summed E-state index contributed by atoms with van der Waals surface area (Å²) in [5, 5.41) is 18.5. The van der Waals surface area contributed by atoms with E-state index in [2.05, 4.69) is 0 Å². The van der Waals surface area contributed by atoms with Gasteiger partial charge in [-0.25, -0.2) is 4.79 Å². The van der Waals surface area contributed by atoms with Crippen molar-refractivity contribution >= 4 is 17.6 Å². The summed E-state index contributed by atoms with van der Waals surface area (Å²) >= 11 is 5.88. The summed E-state index contributed by atoms with van der Waals surface area (Å²) in [4.78, 5) is 12.2. The Morgan fingerprint density at radius 1 is 0.815 bits per heavy atom. The Morgan fingerprint density at radius 3 is 2.15 bits per heavy atom. The molecule has 0 amide bonds. The highest BCUT2D eigenvalue weighted by atomic mass is 35.5. The zero-order chi connectivity index (χ0) is 19.2. The average molecular weight is 375 g/mol. The minimum absolute atomic E-state index is 0.286. The van der Waals surface area contributed by atoms with Crippen molar-refractivity contribution < 1.29 is 14.3 Å². The quantitative estimate of drug-likeness (QED) is 0.469. The molecule has 0 N–H and O–H groups in total. The Kier molecular flexibility index (Phi) is 5.37. The molecule has 3 aromatic rings. The van der Waals surface area contributed by atoms with Crippen LogP contribution in [0, 0.1) is 22.7 Å². The summed E-state index contributed by atoms with van der Waals surface area (Å²) in [6, 6.07) is 21.4. The van der Waals surface area contributed by atoms with Crippen molar-refractivity contribution in [1.29, 1.82) is 10.5 Å². The van der Waals surface area contributed by atoms with E-state index in [0.29, 0.717) is 33.2 Å². The van der Waals surface area contributed by atoms with E-state index in [9.17, 15) is 4.79 Å². The van der Waals surface area contributed by atoms with Gasteiger partial charge in [0, 0.05) is 11.1 Å². The van der Waals surface area contributed by atoms with Crippen molar-refractivity contribution in [3.8, 4) is 29.4 Å². The Hall–Kier alpha value is -3.80. The van der Waals surface area contributed by atoms with Crippen molar-refractivity contribution in [1.82, 2.24) is 0 Å². The third-order valence-corrected chi connectivity index (χ3v) is 3.71. The second kappa shape index (κ2) is 8.05. The minimum Gasteiger partial charge on any atom is -0.457 e. The highest BCUT2D eigenvalue weighted by Gasteiger charge is 2.10. The van der Waals surface area contributed by atoms with Crippen LogP contribution in [-0.2, 0) is 0 Å². The molecular weight excluding hydrogens is 364 g/mol. The van der Waals surface area contributed by atoms with Gasteiger partial charge in [-0.2, -0.15) is 10.5 Å². The van der Waals surface area contributed by atoms with E-state index >= 15 is 0 Å². The molecule has 0 atom stereocenters. The van der Waals surface area contributed by atoms with E-state index in [1.165, 1.54) is 30.3 Å². The van der Waals surface area contributed by atoms with Crippen molar-refractivity contribution in [2.24, 2.45) is 0 Å². The van der Waals surface area contributed by atoms with Crippen molar-refractivity contribution in [2.75, 3.05) is 0 Å². The van der Waals surface area contributed by atoms with E-state index in [1.54, 1.807) is 36.4 Å². The molecule has 0 aliphatic carbocycles. The van der Waals surface area contributed by atoms with Crippen LogP contribution in [-0.4, -0.2) is 5.97 Å². The molecule has 0 aliphatic rings. The standard InChI is InChI=1S/C21H11ClN2O3/c22-17-4-1-3-16(10-17)21(25)27-19-6-2-5-18(11-19)26-20-8-14(12-23)7-15(9-20)13-24/h1-11H. The maximum atomic E-state index is 12.2. The number of hydrogen-bond acceptors (Lipinski definition) is 5. The van der Waals surface area contributed by atoms with Gasteiger partial charge in [0.25, 0.3) is 0 Å². The lowest BCUT2D eigenvalue weighted by Gasteiger charge is -2.09. The largest absolute Gasteiger partial charge is 0.457 e. The Labute approximate surface area is 160 Å². The Balaban J connectivity index is 1.79. The van der Waals surface area contributed by atoms with Gasteiger partial charge in [0.15, 0.2) is 0 Å². The first kappa shape index (κ1) is 18.0. The van der Waals surface area contributed by atoms with E-state index in [0.717, 1.165) is 0 Å². The molecule has 0 heterocycles. The van der Waals surface area contributed by atoms with Gasteiger partial charge in [0.1, 0.15) is 17.2 Å². The molecule has 0 bridgehead atoms. The SMILES string of the molecule is N#Cc1cc(C#N)cc(Oc2cccc(OC(=O)c3cccc(Cl)c3)c2)c1. The Morgan fingerprint density at radius 2 is 1.48 bits per heavy atom. The second-order valence-electron chi connectivity index (χ2n) is 5.45. The van der Waals surface area contributed by atoms with Gasteiger partial charge in [-0.3, -0.25) is 0 Å². The maximum Gasteiger partial charge on any atom is 0.343 e. The monoisotopic (exact) mass is 374 g/mol. The number of carbonyl (C=O) groups excluding carboxylic acids is 1. The van der Waals surface area contributed by atoms with Gasteiger partial charge in [0.05, 0.1) is 28.8 Å². The zero-order valence-corrected chi connectivity index (χ0v) is 14.6. The average Bonchev–Trinajstić information content (AvgIpc) is 2.68. The number of halogens is 1. The number of benzene rings is 3. The maximum absolute atomic E-state index is 12.2. The minimum atomic E-state index is -0.548. The number of nitriles is 2. The lowest BCUT2D eigenvalue weighted by Crippen LogP contribution is -2.08. The second-order valence-corrected chi connectivity index (χ2v) is 5.88. The summed E-state index contributed by atoms with van der Waals surface area (Å²) in [5.74, 6) is 0.469. The van der Waals surface area contributed by atoms with Crippen LogP contribution in [0.1, 0.15) is 21.5 Å². The fourth-order valence-corrected chi connectivity index (χ4v) is 2.50. The molecule has 6 heteroatoms. The summed E-state index contributed by atoms with van der Waals surface area (Å²) in [7, 11) is 0. The molecule has 0 saturated heterocycles. The third-order valence-electron chi connectivity index (χ3n) is 3.48. The molecular formula is C21H11ClN2O3. The van der Waals surface area contributed by atoms with Gasteiger partial charge in [0.2, 0.25) is 0 Å². The van der Waals surface area contributed by atoms with Crippen molar-refractivity contribution in [3.05, 3.63) is 88.4 Å². The summed E-state index contributed by atoms with van der Waals surface area (Å²) in [5.41, 5.74) is 0.953.